The number of para-hydroxylation sites is 2. The molecule has 52 heavy (non-hydrogen) atoms. The molecule has 9 aromatic carbocycles. The number of hydrogen-bond acceptors (Lipinski definition) is 2. The first-order valence-corrected chi connectivity index (χ1v) is 17.8. The van der Waals surface area contributed by atoms with Gasteiger partial charge < -0.3 is 9.32 Å². The normalized spacial score (nSPS) is 11.5. The Labute approximate surface area is 302 Å². The largest absolute Gasteiger partial charge is 0.455 e. The molecule has 10 aromatic rings. The second kappa shape index (κ2) is 12.5. The molecule has 0 radical (unpaired) electrons. The molecule has 0 saturated carbocycles. The number of anilines is 3. The number of furan rings is 1. The van der Waals surface area contributed by atoms with Crippen LogP contribution in [0.25, 0.3) is 76.9 Å². The zero-order chi connectivity index (χ0) is 34.4. The molecule has 0 unspecified atom stereocenters. The van der Waals surface area contributed by atoms with Crippen molar-refractivity contribution in [2.75, 3.05) is 4.90 Å². The van der Waals surface area contributed by atoms with Gasteiger partial charge in [-0.3, -0.25) is 0 Å². The highest BCUT2D eigenvalue weighted by atomic mass is 16.3. The molecule has 0 saturated heterocycles. The van der Waals surface area contributed by atoms with Crippen molar-refractivity contribution in [1.29, 1.82) is 0 Å². The van der Waals surface area contributed by atoms with E-state index in [9.17, 15) is 0 Å². The summed E-state index contributed by atoms with van der Waals surface area (Å²) < 4.78 is 6.38. The first kappa shape index (κ1) is 30.0. The summed E-state index contributed by atoms with van der Waals surface area (Å²) in [6.07, 6.45) is 0. The lowest BCUT2D eigenvalue weighted by Gasteiger charge is -2.28. The van der Waals surface area contributed by atoms with E-state index in [1.165, 1.54) is 33.0 Å². The minimum absolute atomic E-state index is 0.917. The number of rotatable bonds is 6. The monoisotopic (exact) mass is 663 g/mol. The SMILES string of the molecule is c1ccc(-c2ccc(N(c3ccc(-c4ccc5ccccc5c4)cc3)c3ccccc3-c3ccc4c(ccc5c6ccccc6oc45)c3)cc2)cc1. The van der Waals surface area contributed by atoms with Gasteiger partial charge in [0, 0.05) is 33.1 Å². The first-order valence-electron chi connectivity index (χ1n) is 17.8. The maximum absolute atomic E-state index is 6.38. The molecule has 0 aliphatic rings. The lowest BCUT2D eigenvalue weighted by molar-refractivity contribution is 0.672. The maximum atomic E-state index is 6.38. The summed E-state index contributed by atoms with van der Waals surface area (Å²) in [4.78, 5) is 2.38. The van der Waals surface area contributed by atoms with Crippen molar-refractivity contribution in [3.8, 4) is 33.4 Å². The van der Waals surface area contributed by atoms with Gasteiger partial charge in [0.25, 0.3) is 0 Å². The van der Waals surface area contributed by atoms with Crippen LogP contribution in [0.1, 0.15) is 0 Å². The fourth-order valence-corrected chi connectivity index (χ4v) is 7.62. The fourth-order valence-electron chi connectivity index (χ4n) is 7.62. The van der Waals surface area contributed by atoms with Gasteiger partial charge in [-0.05, 0) is 105 Å². The zero-order valence-corrected chi connectivity index (χ0v) is 28.4. The summed E-state index contributed by atoms with van der Waals surface area (Å²) >= 11 is 0. The molecular formula is C50H33NO. The van der Waals surface area contributed by atoms with Crippen LogP contribution in [0.5, 0.6) is 0 Å². The average molecular weight is 664 g/mol. The number of hydrogen-bond donors (Lipinski definition) is 0. The Hall–Kier alpha value is -6.90. The van der Waals surface area contributed by atoms with Gasteiger partial charge in [0.1, 0.15) is 11.2 Å². The third kappa shape index (κ3) is 5.21. The van der Waals surface area contributed by atoms with Gasteiger partial charge in [0.05, 0.1) is 5.69 Å². The van der Waals surface area contributed by atoms with Crippen LogP contribution in [-0.4, -0.2) is 0 Å². The molecule has 1 heterocycles. The van der Waals surface area contributed by atoms with E-state index in [0.29, 0.717) is 0 Å². The van der Waals surface area contributed by atoms with E-state index >= 15 is 0 Å². The molecule has 0 spiro atoms. The minimum Gasteiger partial charge on any atom is -0.455 e. The third-order valence-corrected chi connectivity index (χ3v) is 10.3. The van der Waals surface area contributed by atoms with E-state index < -0.39 is 0 Å². The Balaban J connectivity index is 1.09. The van der Waals surface area contributed by atoms with Gasteiger partial charge in [0.15, 0.2) is 0 Å². The van der Waals surface area contributed by atoms with E-state index in [0.717, 1.165) is 60.9 Å². The van der Waals surface area contributed by atoms with Crippen LogP contribution in [0, 0.1) is 0 Å². The number of benzene rings is 9. The molecule has 244 valence electrons. The Morgan fingerprint density at radius 1 is 0.327 bits per heavy atom. The van der Waals surface area contributed by atoms with E-state index in [-0.39, 0.29) is 0 Å². The molecule has 2 heteroatoms. The van der Waals surface area contributed by atoms with Gasteiger partial charge in [-0.25, -0.2) is 0 Å². The van der Waals surface area contributed by atoms with Crippen molar-refractivity contribution in [3.05, 3.63) is 200 Å². The van der Waals surface area contributed by atoms with Crippen molar-refractivity contribution < 1.29 is 4.42 Å². The standard InChI is InChI=1S/C50H33NO/c1-2-10-34(11-3-1)36-20-26-42(27-21-36)51(43-28-22-37(23-29-43)39-19-18-35-12-4-5-13-38(35)32-39)48-16-8-6-14-44(48)40-24-30-45-41(33-40)25-31-47-46-15-7-9-17-49(46)52-50(45)47/h1-33H. The van der Waals surface area contributed by atoms with Crippen LogP contribution in [0.4, 0.5) is 17.1 Å². The van der Waals surface area contributed by atoms with Crippen LogP contribution in [0.2, 0.25) is 0 Å². The summed E-state index contributed by atoms with van der Waals surface area (Å²) in [7, 11) is 0. The highest BCUT2D eigenvalue weighted by Gasteiger charge is 2.19. The zero-order valence-electron chi connectivity index (χ0n) is 28.4. The van der Waals surface area contributed by atoms with E-state index in [4.69, 9.17) is 4.42 Å². The van der Waals surface area contributed by atoms with Crippen molar-refractivity contribution in [2.24, 2.45) is 0 Å². The van der Waals surface area contributed by atoms with E-state index in [2.05, 4.69) is 193 Å². The summed E-state index contributed by atoms with van der Waals surface area (Å²) in [5, 5.41) is 7.06. The Kier molecular flexibility index (Phi) is 7.18. The van der Waals surface area contributed by atoms with Crippen LogP contribution in [0.15, 0.2) is 205 Å². The molecule has 10 rings (SSSR count). The molecular weight excluding hydrogens is 631 g/mol. The van der Waals surface area contributed by atoms with Gasteiger partial charge in [-0.15, -0.1) is 0 Å². The van der Waals surface area contributed by atoms with Gasteiger partial charge in [-0.2, -0.15) is 0 Å². The van der Waals surface area contributed by atoms with Crippen LogP contribution >= 0.6 is 0 Å². The Morgan fingerprint density at radius 3 is 1.69 bits per heavy atom. The van der Waals surface area contributed by atoms with Crippen LogP contribution in [-0.2, 0) is 0 Å². The molecule has 1 aromatic heterocycles. The predicted octanol–water partition coefficient (Wildman–Crippen LogP) is 14.4. The summed E-state index contributed by atoms with van der Waals surface area (Å²) in [6, 6.07) is 71.8. The third-order valence-electron chi connectivity index (χ3n) is 10.3. The summed E-state index contributed by atoms with van der Waals surface area (Å²) in [5.41, 5.74) is 12.2. The summed E-state index contributed by atoms with van der Waals surface area (Å²) in [6.45, 7) is 0. The molecule has 0 amide bonds. The van der Waals surface area contributed by atoms with Gasteiger partial charge >= 0.3 is 0 Å². The molecule has 0 atom stereocenters. The van der Waals surface area contributed by atoms with Crippen molar-refractivity contribution in [2.45, 2.75) is 0 Å². The van der Waals surface area contributed by atoms with E-state index in [1.807, 2.05) is 12.1 Å². The first-order chi connectivity index (χ1) is 25.8. The quantitative estimate of drug-likeness (QED) is 0.176. The number of fused-ring (bicyclic) bond motifs is 6. The van der Waals surface area contributed by atoms with Gasteiger partial charge in [0.2, 0.25) is 0 Å². The molecule has 2 nitrogen and oxygen atoms in total. The van der Waals surface area contributed by atoms with Crippen LogP contribution < -0.4 is 4.90 Å². The molecule has 0 fully saturated rings. The van der Waals surface area contributed by atoms with Crippen molar-refractivity contribution in [3.63, 3.8) is 0 Å². The lowest BCUT2D eigenvalue weighted by atomic mass is 9.97. The van der Waals surface area contributed by atoms with Crippen molar-refractivity contribution >= 4 is 60.5 Å². The molecule has 0 aliphatic carbocycles. The highest BCUT2D eigenvalue weighted by Crippen LogP contribution is 2.43. The van der Waals surface area contributed by atoms with E-state index in [1.54, 1.807) is 0 Å². The Morgan fingerprint density at radius 2 is 0.885 bits per heavy atom. The second-order valence-corrected chi connectivity index (χ2v) is 13.4. The molecule has 0 N–H and O–H groups in total. The number of nitrogens with zero attached hydrogens (tertiary/aromatic N) is 1. The minimum atomic E-state index is 0.917. The average Bonchev–Trinajstić information content (AvgIpc) is 3.61. The molecule has 0 bridgehead atoms. The second-order valence-electron chi connectivity index (χ2n) is 13.4. The summed E-state index contributed by atoms with van der Waals surface area (Å²) in [5.74, 6) is 0. The maximum Gasteiger partial charge on any atom is 0.143 e. The van der Waals surface area contributed by atoms with Crippen LogP contribution in [0.3, 0.4) is 0 Å². The molecule has 0 aliphatic heterocycles. The smallest absolute Gasteiger partial charge is 0.143 e. The van der Waals surface area contributed by atoms with Crippen molar-refractivity contribution in [1.82, 2.24) is 0 Å². The highest BCUT2D eigenvalue weighted by molar-refractivity contribution is 6.15. The lowest BCUT2D eigenvalue weighted by Crippen LogP contribution is -2.11. The topological polar surface area (TPSA) is 16.4 Å². The van der Waals surface area contributed by atoms with Gasteiger partial charge in [-0.1, -0.05) is 140 Å². The Bertz CT molecular complexity index is 2890. The fraction of sp³-hybridized carbons (Fsp3) is 0. The predicted molar refractivity (Wildman–Crippen MR) is 220 cm³/mol.